The highest BCUT2D eigenvalue weighted by atomic mass is 19.4. The molecule has 34 heavy (non-hydrogen) atoms. The number of alkyl halides is 3. The van der Waals surface area contributed by atoms with Crippen LogP contribution in [0.15, 0.2) is 56.8 Å². The minimum atomic E-state index is -4.55. The molecule has 2 aromatic heterocycles. The summed E-state index contributed by atoms with van der Waals surface area (Å²) in [4.78, 5) is 24.8. The van der Waals surface area contributed by atoms with E-state index in [2.05, 4.69) is 10.5 Å². The summed E-state index contributed by atoms with van der Waals surface area (Å²) in [7, 11) is 1.44. The number of nitrogens with one attached hydrogen (secondary N) is 1. The molecule has 2 heterocycles. The summed E-state index contributed by atoms with van der Waals surface area (Å²) in [6, 6.07) is 11.2. The van der Waals surface area contributed by atoms with Crippen molar-refractivity contribution in [2.75, 3.05) is 7.11 Å². The molecule has 176 valence electrons. The number of aryl methyl sites for hydroxylation is 1. The van der Waals surface area contributed by atoms with Gasteiger partial charge in [0.05, 0.1) is 18.4 Å². The van der Waals surface area contributed by atoms with E-state index in [0.29, 0.717) is 11.3 Å². The topological polar surface area (TPSA) is 110 Å². The van der Waals surface area contributed by atoms with E-state index < -0.39 is 29.8 Å². The number of hydrazone groups is 1. The van der Waals surface area contributed by atoms with Crippen molar-refractivity contribution < 1.29 is 27.1 Å². The number of methoxy groups -OCH3 is 1. The molecule has 8 nitrogen and oxygen atoms in total. The van der Waals surface area contributed by atoms with Gasteiger partial charge in [-0.1, -0.05) is 18.2 Å². The first-order valence-electron chi connectivity index (χ1n) is 9.86. The molecular formula is C23H19F3N4O4. The van der Waals surface area contributed by atoms with Crippen LogP contribution < -0.4 is 11.0 Å². The summed E-state index contributed by atoms with van der Waals surface area (Å²) in [6.45, 7) is 1.29. The number of ether oxygens (including phenoxy) is 1. The second-order valence-corrected chi connectivity index (χ2v) is 7.16. The largest absolute Gasteiger partial charge is 0.455 e. The van der Waals surface area contributed by atoms with Gasteiger partial charge in [-0.15, -0.1) is 0 Å². The maximum atomic E-state index is 13.2. The number of hydrogen-bond acceptors (Lipinski definition) is 6. The van der Waals surface area contributed by atoms with E-state index in [0.717, 1.165) is 16.8 Å². The summed E-state index contributed by atoms with van der Waals surface area (Å²) in [5.41, 5.74) is 1.38. The zero-order valence-corrected chi connectivity index (χ0v) is 18.1. The molecule has 1 N–H and O–H groups in total. The first-order valence-corrected chi connectivity index (χ1v) is 9.86. The van der Waals surface area contributed by atoms with Crippen LogP contribution in [0, 0.1) is 18.3 Å². The molecular weight excluding hydrogens is 453 g/mol. The Kier molecular flexibility index (Phi) is 7.33. The molecule has 0 saturated carbocycles. The molecule has 3 rings (SSSR count). The van der Waals surface area contributed by atoms with Crippen LogP contribution in [-0.4, -0.2) is 23.8 Å². The fourth-order valence-electron chi connectivity index (χ4n) is 3.28. The van der Waals surface area contributed by atoms with E-state index in [-0.39, 0.29) is 29.3 Å². The van der Waals surface area contributed by atoms with E-state index in [9.17, 15) is 28.0 Å². The number of nitrogens with zero attached hydrogens (tertiary/aromatic N) is 3. The summed E-state index contributed by atoms with van der Waals surface area (Å²) in [6.07, 6.45) is -3.43. The van der Waals surface area contributed by atoms with E-state index in [4.69, 9.17) is 9.15 Å². The van der Waals surface area contributed by atoms with Crippen LogP contribution in [0.5, 0.6) is 0 Å². The summed E-state index contributed by atoms with van der Waals surface area (Å²) < 4.78 is 51.2. The Morgan fingerprint density at radius 2 is 2.03 bits per heavy atom. The van der Waals surface area contributed by atoms with Crippen LogP contribution >= 0.6 is 0 Å². The highest BCUT2D eigenvalue weighted by Gasteiger charge is 2.34. The van der Waals surface area contributed by atoms with E-state index in [1.165, 1.54) is 37.4 Å². The third-order valence-corrected chi connectivity index (χ3v) is 4.81. The molecule has 3 aromatic rings. The zero-order valence-electron chi connectivity index (χ0n) is 18.1. The number of carbonyl (C=O) groups is 1. The number of halogens is 3. The number of furan rings is 1. The van der Waals surface area contributed by atoms with Crippen LogP contribution in [0.2, 0.25) is 0 Å². The van der Waals surface area contributed by atoms with Gasteiger partial charge in [-0.25, -0.2) is 5.43 Å². The molecule has 0 aliphatic heterocycles. The Morgan fingerprint density at radius 1 is 1.29 bits per heavy atom. The lowest BCUT2D eigenvalue weighted by Gasteiger charge is -2.12. The number of benzene rings is 1. The number of nitriles is 1. The molecule has 0 saturated heterocycles. The van der Waals surface area contributed by atoms with Gasteiger partial charge in [0.2, 0.25) is 0 Å². The average Bonchev–Trinajstić information content (AvgIpc) is 3.25. The third kappa shape index (κ3) is 5.41. The molecule has 0 spiro atoms. The lowest BCUT2D eigenvalue weighted by atomic mass is 10.1. The van der Waals surface area contributed by atoms with Crippen LogP contribution in [0.1, 0.15) is 28.1 Å². The van der Waals surface area contributed by atoms with Crippen molar-refractivity contribution in [2.45, 2.75) is 26.3 Å². The molecule has 1 aromatic carbocycles. The maximum Gasteiger partial charge on any atom is 0.417 e. The highest BCUT2D eigenvalue weighted by molar-refractivity contribution is 5.81. The van der Waals surface area contributed by atoms with Gasteiger partial charge in [-0.2, -0.15) is 23.5 Å². The Bertz CT molecular complexity index is 1330. The fraction of sp³-hybridized carbons (Fsp3) is 0.217. The van der Waals surface area contributed by atoms with E-state index >= 15 is 0 Å². The predicted octanol–water partition coefficient (Wildman–Crippen LogP) is 3.60. The van der Waals surface area contributed by atoms with Crippen LogP contribution in [-0.2, 0) is 28.9 Å². The predicted molar refractivity (Wildman–Crippen MR) is 116 cm³/mol. The van der Waals surface area contributed by atoms with Gasteiger partial charge in [0.25, 0.3) is 11.5 Å². The van der Waals surface area contributed by atoms with Crippen molar-refractivity contribution in [1.82, 2.24) is 9.99 Å². The Balaban J connectivity index is 1.72. The van der Waals surface area contributed by atoms with Crippen molar-refractivity contribution in [3.63, 3.8) is 0 Å². The standard InChI is InChI=1S/C23H19F3N4O4/c1-14-9-15(13-33-2)18(10-27)22(32)30(14)12-21(31)29-28-11-16-7-8-20(34-16)17-5-3-4-6-19(17)23(24,25)26/h3-9,11H,12-13H2,1-2H3,(H,29,31)/b28-11-. The van der Waals surface area contributed by atoms with Gasteiger partial charge in [0.15, 0.2) is 0 Å². The van der Waals surface area contributed by atoms with Crippen molar-refractivity contribution in [3.8, 4) is 17.4 Å². The summed E-state index contributed by atoms with van der Waals surface area (Å²) in [5.74, 6) is -0.557. The second kappa shape index (κ2) is 10.2. The van der Waals surface area contributed by atoms with Gasteiger partial charge in [0.1, 0.15) is 29.7 Å². The summed E-state index contributed by atoms with van der Waals surface area (Å²) in [5, 5.41) is 13.0. The molecule has 0 bridgehead atoms. The smallest absolute Gasteiger partial charge is 0.417 e. The molecule has 0 fully saturated rings. The van der Waals surface area contributed by atoms with Gasteiger partial charge < -0.3 is 13.7 Å². The zero-order chi connectivity index (χ0) is 24.9. The lowest BCUT2D eigenvalue weighted by Crippen LogP contribution is -2.33. The molecule has 1 amide bonds. The van der Waals surface area contributed by atoms with Gasteiger partial charge in [-0.05, 0) is 31.2 Å². The van der Waals surface area contributed by atoms with E-state index in [1.807, 2.05) is 6.07 Å². The summed E-state index contributed by atoms with van der Waals surface area (Å²) >= 11 is 0. The first-order chi connectivity index (χ1) is 16.2. The van der Waals surface area contributed by atoms with Crippen molar-refractivity contribution in [1.29, 1.82) is 5.26 Å². The van der Waals surface area contributed by atoms with Crippen molar-refractivity contribution in [2.24, 2.45) is 5.10 Å². The number of pyridine rings is 1. The van der Waals surface area contributed by atoms with Crippen LogP contribution in [0.3, 0.4) is 0 Å². The monoisotopic (exact) mass is 472 g/mol. The normalized spacial score (nSPS) is 11.5. The molecule has 0 radical (unpaired) electrons. The Hall–Kier alpha value is -4.17. The first kappa shape index (κ1) is 24.5. The number of aromatic nitrogens is 1. The second-order valence-electron chi connectivity index (χ2n) is 7.16. The average molecular weight is 472 g/mol. The number of carbonyl (C=O) groups excluding carboxylic acids is 1. The van der Waals surface area contributed by atoms with Gasteiger partial charge >= 0.3 is 6.18 Å². The van der Waals surface area contributed by atoms with Crippen molar-refractivity contribution >= 4 is 12.1 Å². The molecule has 0 atom stereocenters. The lowest BCUT2D eigenvalue weighted by molar-refractivity contribution is -0.137. The number of amides is 1. The SMILES string of the molecule is COCc1cc(C)n(CC(=O)N/N=C\c2ccc(-c3ccccc3C(F)(F)F)o2)c(=O)c1C#N. The Morgan fingerprint density at radius 3 is 2.71 bits per heavy atom. The van der Waals surface area contributed by atoms with Crippen LogP contribution in [0.4, 0.5) is 13.2 Å². The third-order valence-electron chi connectivity index (χ3n) is 4.81. The quantitative estimate of drug-likeness (QED) is 0.417. The van der Waals surface area contributed by atoms with Gasteiger partial charge in [0, 0.05) is 23.9 Å². The minimum absolute atomic E-state index is 0.0111. The fourth-order valence-corrected chi connectivity index (χ4v) is 3.28. The maximum absolute atomic E-state index is 13.2. The molecule has 11 heteroatoms. The molecule has 0 unspecified atom stereocenters. The molecule has 0 aliphatic carbocycles. The Labute approximate surface area is 191 Å². The number of rotatable bonds is 7. The van der Waals surface area contributed by atoms with E-state index in [1.54, 1.807) is 13.0 Å². The van der Waals surface area contributed by atoms with Crippen molar-refractivity contribution in [3.05, 3.63) is 81.0 Å². The van der Waals surface area contributed by atoms with Gasteiger partial charge in [-0.3, -0.25) is 9.59 Å². The highest BCUT2D eigenvalue weighted by Crippen LogP contribution is 2.37. The van der Waals surface area contributed by atoms with Crippen LogP contribution in [0.25, 0.3) is 11.3 Å². The molecule has 0 aliphatic rings. The minimum Gasteiger partial charge on any atom is -0.455 e. The number of hydrogen-bond donors (Lipinski definition) is 1.